The van der Waals surface area contributed by atoms with Gasteiger partial charge in [-0.15, -0.1) is 0 Å². The van der Waals surface area contributed by atoms with Gasteiger partial charge >= 0.3 is 0 Å². The van der Waals surface area contributed by atoms with E-state index < -0.39 is 54.5 Å². The highest BCUT2D eigenvalue weighted by Gasteiger charge is 2.40. The molecule has 4 N–H and O–H groups in total. The number of aryl methyl sites for hydroxylation is 1. The molecule has 0 aromatic heterocycles. The van der Waals surface area contributed by atoms with Crippen molar-refractivity contribution in [3.05, 3.63) is 155 Å². The number of rotatable bonds is 26. The average Bonchev–Trinajstić information content (AvgIpc) is 3.23. The van der Waals surface area contributed by atoms with Crippen LogP contribution in [0.4, 0.5) is 22.7 Å². The molecule has 0 saturated carbocycles. The topological polar surface area (TPSA) is 292 Å². The number of nitro benzene ring substituents is 2. The van der Waals surface area contributed by atoms with Gasteiger partial charge in [-0.1, -0.05) is 12.1 Å². The summed E-state index contributed by atoms with van der Waals surface area (Å²) in [5, 5.41) is 39.6. The normalized spacial score (nSPS) is 15.1. The van der Waals surface area contributed by atoms with E-state index >= 15 is 0 Å². The van der Waals surface area contributed by atoms with Gasteiger partial charge in [0.25, 0.3) is 27.4 Å². The monoisotopic (exact) mass is 1150 g/mol. The van der Waals surface area contributed by atoms with Crippen LogP contribution >= 0.6 is 11.8 Å². The summed E-state index contributed by atoms with van der Waals surface area (Å²) in [6, 6.07) is 21.9. The Morgan fingerprint density at radius 3 is 2.33 bits per heavy atom. The third-order valence-corrected chi connectivity index (χ3v) is 15.7. The molecule has 1 atom stereocenters. The number of hydrogen-bond acceptors (Lipinski definition) is 17. The van der Waals surface area contributed by atoms with Crippen molar-refractivity contribution in [2.75, 3.05) is 69.9 Å². The molecule has 428 valence electrons. The predicted octanol–water partition coefficient (Wildman–Crippen LogP) is 7.09. The van der Waals surface area contributed by atoms with Crippen LogP contribution in [0.3, 0.4) is 0 Å². The summed E-state index contributed by atoms with van der Waals surface area (Å²) in [6.45, 7) is 10.2. The first-order valence-electron chi connectivity index (χ1n) is 26.5. The fraction of sp³-hybridized carbons (Fsp3) is 0.386. The number of ether oxygens (including phenoxy) is 4. The second kappa shape index (κ2) is 26.8. The molecule has 3 heterocycles. The highest BCUT2D eigenvalue weighted by Crippen LogP contribution is 2.49. The lowest BCUT2D eigenvalue weighted by atomic mass is 9.79. The van der Waals surface area contributed by atoms with Crippen molar-refractivity contribution in [3.8, 4) is 17.2 Å². The first-order valence-corrected chi connectivity index (χ1v) is 28.9. The SMILES string of the molecule is CC[N+]1=c2cc3c(cc2CCC1)=Nc1cc2c(cc1O3)N(CCCC(=O)NCCOCCOCCOCc1cc(O)ccc1/C=C/C(=O)Sc1ccc(C(=O)NCc3cc([N+](=O)[O-])cc([N+](=O)[O-])c3)cc1)C(C)(C)CC2CS(=O)(=O)O. The Balaban J connectivity index is 0.722. The zero-order valence-electron chi connectivity index (χ0n) is 45.1. The van der Waals surface area contributed by atoms with E-state index in [0.717, 1.165) is 77.9 Å². The van der Waals surface area contributed by atoms with Gasteiger partial charge in [0.05, 0.1) is 67.4 Å². The van der Waals surface area contributed by atoms with Gasteiger partial charge in [0.15, 0.2) is 11.5 Å². The molecule has 5 aromatic carbocycles. The summed E-state index contributed by atoms with van der Waals surface area (Å²) in [4.78, 5) is 67.2. The number of nitrogens with one attached hydrogen (secondary N) is 2. The van der Waals surface area contributed by atoms with E-state index in [4.69, 9.17) is 23.9 Å². The van der Waals surface area contributed by atoms with Gasteiger partial charge in [0, 0.05) is 83.8 Å². The lowest BCUT2D eigenvalue weighted by molar-refractivity contribution is -0.394. The molecule has 5 aromatic rings. The number of nitro groups is 2. The zero-order chi connectivity index (χ0) is 57.8. The molecule has 22 nitrogen and oxygen atoms in total. The number of benzene rings is 5. The number of nitrogens with zero attached hydrogens (tertiary/aromatic N) is 5. The number of phenolic OH excluding ortho intramolecular Hbond substituents is 1. The van der Waals surface area contributed by atoms with Crippen molar-refractivity contribution in [2.45, 2.75) is 82.4 Å². The molecule has 3 aliphatic heterocycles. The Morgan fingerprint density at radius 1 is 0.914 bits per heavy atom. The van der Waals surface area contributed by atoms with E-state index in [9.17, 15) is 52.7 Å². The Morgan fingerprint density at radius 2 is 1.63 bits per heavy atom. The van der Waals surface area contributed by atoms with E-state index in [2.05, 4.69) is 39.2 Å². The molecule has 81 heavy (non-hydrogen) atoms. The lowest BCUT2D eigenvalue weighted by Crippen LogP contribution is -2.50. The number of fused-ring (bicyclic) bond motifs is 4. The molecule has 0 fully saturated rings. The van der Waals surface area contributed by atoms with E-state index in [1.54, 1.807) is 24.3 Å². The quantitative estimate of drug-likeness (QED) is 0.00801. The second-order valence-electron chi connectivity index (χ2n) is 20.3. The highest BCUT2D eigenvalue weighted by molar-refractivity contribution is 8.14. The van der Waals surface area contributed by atoms with E-state index in [1.165, 1.54) is 35.9 Å². The molecule has 0 bridgehead atoms. The maximum absolute atomic E-state index is 13.0. The molecule has 0 saturated heterocycles. The van der Waals surface area contributed by atoms with Crippen LogP contribution in [0, 0.1) is 20.2 Å². The number of anilines is 1. The molecule has 0 spiro atoms. The van der Waals surface area contributed by atoms with Gasteiger partial charge < -0.3 is 39.6 Å². The minimum atomic E-state index is -4.30. The maximum Gasteiger partial charge on any atom is 0.276 e. The standard InChI is InChI=1S/C57H63N7O15S2/c1-4-61-18-5-7-40-28-48-52(31-50(40)61)79-53-32-51-47(30-49(53)60-48)42(36-81(73,74)75)33-57(2,3)62(51)19-6-8-54(66)58-17-20-76-21-22-77-23-24-78-35-41-27-45(65)13-9-38(41)12-16-55(67)80-46-14-10-39(11-15-46)56(68)59-34-37-25-43(63(69)70)29-44(26-37)64(71)72/h9-16,25-32,42H,4-8,17-24,33-36H2,1-3H3,(H3-,58,59,65,66,67,68,73,74,75)/p+1. The number of carbonyl (C=O) groups excluding carboxylic acids is 3. The predicted molar refractivity (Wildman–Crippen MR) is 302 cm³/mol. The van der Waals surface area contributed by atoms with Gasteiger partial charge in [-0.3, -0.25) is 39.2 Å². The third-order valence-electron chi connectivity index (χ3n) is 14.0. The molecule has 24 heteroatoms. The average molecular weight is 1150 g/mol. The molecule has 2 amide bonds. The number of thioether (sulfide) groups is 1. The lowest BCUT2D eigenvalue weighted by Gasteiger charge is -2.48. The number of aromatic hydroxyl groups is 1. The van der Waals surface area contributed by atoms with E-state index in [1.807, 2.05) is 26.0 Å². The van der Waals surface area contributed by atoms with Crippen LogP contribution in [0.2, 0.25) is 0 Å². The maximum atomic E-state index is 13.0. The minimum absolute atomic E-state index is 0.0227. The van der Waals surface area contributed by atoms with Crippen molar-refractivity contribution in [3.63, 3.8) is 0 Å². The number of hydrogen-bond donors (Lipinski definition) is 4. The van der Waals surface area contributed by atoms with Crippen LogP contribution in [-0.4, -0.2) is 115 Å². The summed E-state index contributed by atoms with van der Waals surface area (Å²) < 4.78 is 60.5. The van der Waals surface area contributed by atoms with Crippen molar-refractivity contribution >= 4 is 67.6 Å². The summed E-state index contributed by atoms with van der Waals surface area (Å²) in [5.74, 6) is -0.329. The highest BCUT2D eigenvalue weighted by atomic mass is 32.2. The Hall–Kier alpha value is -7.61. The molecule has 0 radical (unpaired) electrons. The second-order valence-corrected chi connectivity index (χ2v) is 22.9. The van der Waals surface area contributed by atoms with Crippen LogP contribution in [0.5, 0.6) is 17.2 Å². The number of carbonyl (C=O) groups is 3. The largest absolute Gasteiger partial charge is 0.508 e. The van der Waals surface area contributed by atoms with Gasteiger partial charge in [-0.05, 0) is 129 Å². The van der Waals surface area contributed by atoms with Crippen molar-refractivity contribution in [2.24, 2.45) is 4.99 Å². The Kier molecular flexibility index (Phi) is 19.7. The first kappa shape index (κ1) is 59.5. The molecule has 1 unspecified atom stereocenters. The van der Waals surface area contributed by atoms with Gasteiger partial charge in [0.2, 0.25) is 16.4 Å². The summed E-state index contributed by atoms with van der Waals surface area (Å²) >= 11 is 0.922. The first-order chi connectivity index (χ1) is 38.7. The fourth-order valence-corrected chi connectivity index (χ4v) is 11.6. The van der Waals surface area contributed by atoms with Crippen molar-refractivity contribution < 1.29 is 61.3 Å². The molecule has 8 rings (SSSR count). The Bertz CT molecular complexity index is 3450. The van der Waals surface area contributed by atoms with E-state index in [-0.39, 0.29) is 80.5 Å². The minimum Gasteiger partial charge on any atom is -0.508 e. The van der Waals surface area contributed by atoms with Gasteiger partial charge in [0.1, 0.15) is 29.9 Å². The van der Waals surface area contributed by atoms with Crippen molar-refractivity contribution in [1.82, 2.24) is 15.2 Å². The number of amides is 2. The molecular weight excluding hydrogens is 1090 g/mol. The summed E-state index contributed by atoms with van der Waals surface area (Å²) in [5.41, 5.74) is 3.61. The fourth-order valence-electron chi connectivity index (χ4n) is 10.2. The third kappa shape index (κ3) is 16.1. The number of phenols is 1. The van der Waals surface area contributed by atoms with Crippen LogP contribution in [0.25, 0.3) is 6.08 Å². The van der Waals surface area contributed by atoms with Gasteiger partial charge in [-0.25, -0.2) is 9.57 Å². The van der Waals surface area contributed by atoms with Crippen LogP contribution in [-0.2, 0) is 53.5 Å². The summed E-state index contributed by atoms with van der Waals surface area (Å²) in [7, 11) is -4.30. The zero-order valence-corrected chi connectivity index (χ0v) is 46.7. The number of non-ortho nitro benzene ring substituents is 2. The molecule has 3 aliphatic rings. The van der Waals surface area contributed by atoms with Crippen LogP contribution in [0.1, 0.15) is 90.5 Å². The van der Waals surface area contributed by atoms with Crippen molar-refractivity contribution in [1.29, 1.82) is 0 Å². The van der Waals surface area contributed by atoms with Crippen LogP contribution < -0.4 is 35.6 Å². The molecular formula is C57H64N7O15S2+. The molecule has 0 aliphatic carbocycles. The summed E-state index contributed by atoms with van der Waals surface area (Å²) in [6.07, 6.45) is 6.22. The van der Waals surface area contributed by atoms with Gasteiger partial charge in [-0.2, -0.15) is 8.42 Å². The Labute approximate surface area is 471 Å². The van der Waals surface area contributed by atoms with E-state index in [0.29, 0.717) is 59.1 Å². The van der Waals surface area contributed by atoms with Crippen LogP contribution in [0.15, 0.2) is 101 Å². The smallest absolute Gasteiger partial charge is 0.276 e.